The highest BCUT2D eigenvalue weighted by Gasteiger charge is 2.27. The molecule has 0 radical (unpaired) electrons. The number of nitrogens with zero attached hydrogens (tertiary/aromatic N) is 3. The van der Waals surface area contributed by atoms with Crippen LogP contribution in [-0.2, 0) is 7.05 Å². The van der Waals surface area contributed by atoms with E-state index in [9.17, 15) is 9.18 Å². The number of carbonyl (C=O) groups is 1. The van der Waals surface area contributed by atoms with Crippen molar-refractivity contribution in [1.29, 1.82) is 0 Å². The molecule has 3 rings (SSSR count). The Bertz CT molecular complexity index is 686. The zero-order valence-corrected chi connectivity index (χ0v) is 13.1. The third kappa shape index (κ3) is 3.70. The van der Waals surface area contributed by atoms with Gasteiger partial charge in [0.25, 0.3) is 5.91 Å². The van der Waals surface area contributed by atoms with Crippen LogP contribution in [0.25, 0.3) is 0 Å². The second-order valence-electron chi connectivity index (χ2n) is 5.88. The average Bonchev–Trinajstić information content (AvgIpc) is 3.18. The van der Waals surface area contributed by atoms with Crippen molar-refractivity contribution >= 4 is 5.91 Å². The summed E-state index contributed by atoms with van der Waals surface area (Å²) in [5.41, 5.74) is 0.621. The number of carbonyl (C=O) groups excluding carboxylic acids is 1. The summed E-state index contributed by atoms with van der Waals surface area (Å²) in [7, 11) is 1.80. The Hall–Kier alpha value is -2.37. The first kappa shape index (κ1) is 15.5. The van der Waals surface area contributed by atoms with Crippen molar-refractivity contribution in [2.75, 3.05) is 19.7 Å². The van der Waals surface area contributed by atoms with Crippen molar-refractivity contribution in [2.24, 2.45) is 13.0 Å². The lowest BCUT2D eigenvalue weighted by Crippen LogP contribution is -2.28. The molecule has 0 bridgehead atoms. The van der Waals surface area contributed by atoms with Crippen LogP contribution in [0.3, 0.4) is 0 Å². The van der Waals surface area contributed by atoms with E-state index in [4.69, 9.17) is 4.74 Å². The molecule has 23 heavy (non-hydrogen) atoms. The molecule has 122 valence electrons. The molecule has 1 saturated heterocycles. The van der Waals surface area contributed by atoms with Gasteiger partial charge in [-0.1, -0.05) is 12.1 Å². The number of aromatic nitrogens is 2. The first-order valence-electron chi connectivity index (χ1n) is 7.79. The number of aryl methyl sites for hydroxylation is 1. The molecule has 1 aromatic heterocycles. The number of likely N-dealkylation sites (tertiary alicyclic amines) is 1. The molecule has 1 fully saturated rings. The highest BCUT2D eigenvalue weighted by atomic mass is 19.1. The largest absolute Gasteiger partial charge is 0.491 e. The molecule has 1 aromatic carbocycles. The lowest BCUT2D eigenvalue weighted by molar-refractivity contribution is 0.0785. The lowest BCUT2D eigenvalue weighted by Gasteiger charge is -2.15. The molecular formula is C17H20FN3O2. The number of hydrogen-bond acceptors (Lipinski definition) is 3. The SMILES string of the molecule is Cn1cc(C(=O)N2CCC(CCOc3ccccc3F)C2)cn1. The third-order valence-corrected chi connectivity index (χ3v) is 4.15. The Labute approximate surface area is 134 Å². The third-order valence-electron chi connectivity index (χ3n) is 4.15. The van der Waals surface area contributed by atoms with Crippen LogP contribution in [0.4, 0.5) is 4.39 Å². The molecule has 0 spiro atoms. The van der Waals surface area contributed by atoms with Crippen LogP contribution in [0.2, 0.25) is 0 Å². The molecule has 2 heterocycles. The zero-order valence-electron chi connectivity index (χ0n) is 13.1. The van der Waals surface area contributed by atoms with Gasteiger partial charge in [0.1, 0.15) is 0 Å². The van der Waals surface area contributed by atoms with Gasteiger partial charge in [0.15, 0.2) is 11.6 Å². The van der Waals surface area contributed by atoms with Gasteiger partial charge < -0.3 is 9.64 Å². The van der Waals surface area contributed by atoms with Crippen molar-refractivity contribution in [3.63, 3.8) is 0 Å². The maximum Gasteiger partial charge on any atom is 0.257 e. The van der Waals surface area contributed by atoms with E-state index in [0.717, 1.165) is 19.4 Å². The molecule has 1 atom stereocenters. The first-order chi connectivity index (χ1) is 11.1. The van der Waals surface area contributed by atoms with E-state index in [-0.39, 0.29) is 17.5 Å². The predicted molar refractivity (Wildman–Crippen MR) is 83.7 cm³/mol. The van der Waals surface area contributed by atoms with Gasteiger partial charge in [-0.2, -0.15) is 5.10 Å². The van der Waals surface area contributed by atoms with Crippen molar-refractivity contribution in [3.8, 4) is 5.75 Å². The molecule has 1 aliphatic rings. The van der Waals surface area contributed by atoms with E-state index in [1.54, 1.807) is 42.3 Å². The summed E-state index contributed by atoms with van der Waals surface area (Å²) < 4.78 is 20.6. The van der Waals surface area contributed by atoms with Crippen LogP contribution in [0, 0.1) is 11.7 Å². The molecule has 0 saturated carbocycles. The summed E-state index contributed by atoms with van der Waals surface area (Å²) in [4.78, 5) is 14.2. The minimum Gasteiger partial charge on any atom is -0.491 e. The molecule has 0 N–H and O–H groups in total. The smallest absolute Gasteiger partial charge is 0.257 e. The van der Waals surface area contributed by atoms with Crippen LogP contribution in [0.1, 0.15) is 23.2 Å². The molecule has 1 aliphatic heterocycles. The van der Waals surface area contributed by atoms with Crippen molar-refractivity contribution in [3.05, 3.63) is 48.0 Å². The number of amides is 1. The zero-order chi connectivity index (χ0) is 16.2. The maximum absolute atomic E-state index is 13.5. The Morgan fingerprint density at radius 2 is 2.26 bits per heavy atom. The van der Waals surface area contributed by atoms with Gasteiger partial charge in [0.2, 0.25) is 0 Å². The van der Waals surface area contributed by atoms with Crippen molar-refractivity contribution in [2.45, 2.75) is 12.8 Å². The molecule has 6 heteroatoms. The van der Waals surface area contributed by atoms with E-state index in [2.05, 4.69) is 5.10 Å². The Kier molecular flexibility index (Phi) is 4.60. The molecule has 5 nitrogen and oxygen atoms in total. The van der Waals surface area contributed by atoms with Crippen LogP contribution in [0.15, 0.2) is 36.7 Å². The summed E-state index contributed by atoms with van der Waals surface area (Å²) in [6, 6.07) is 6.41. The Morgan fingerprint density at radius 3 is 3.00 bits per heavy atom. The minimum absolute atomic E-state index is 0.0237. The van der Waals surface area contributed by atoms with Crippen LogP contribution in [0.5, 0.6) is 5.75 Å². The highest BCUT2D eigenvalue weighted by molar-refractivity contribution is 5.93. The van der Waals surface area contributed by atoms with E-state index in [1.807, 2.05) is 4.90 Å². The molecule has 2 aromatic rings. The molecule has 1 amide bonds. The number of ether oxygens (including phenoxy) is 1. The van der Waals surface area contributed by atoms with Gasteiger partial charge in [-0.3, -0.25) is 9.48 Å². The number of halogens is 1. The molecule has 1 unspecified atom stereocenters. The normalized spacial score (nSPS) is 17.5. The van der Waals surface area contributed by atoms with E-state index in [1.165, 1.54) is 6.07 Å². The average molecular weight is 317 g/mol. The second kappa shape index (κ2) is 6.81. The van der Waals surface area contributed by atoms with Gasteiger partial charge in [-0.25, -0.2) is 4.39 Å². The topological polar surface area (TPSA) is 47.4 Å². The number of hydrogen-bond donors (Lipinski definition) is 0. The van der Waals surface area contributed by atoms with Gasteiger partial charge in [-0.05, 0) is 30.9 Å². The van der Waals surface area contributed by atoms with Crippen LogP contribution >= 0.6 is 0 Å². The fourth-order valence-electron chi connectivity index (χ4n) is 2.86. The van der Waals surface area contributed by atoms with E-state index >= 15 is 0 Å². The minimum atomic E-state index is -0.340. The highest BCUT2D eigenvalue weighted by Crippen LogP contribution is 2.22. The Morgan fingerprint density at radius 1 is 1.43 bits per heavy atom. The molecular weight excluding hydrogens is 297 g/mol. The fraction of sp³-hybridized carbons (Fsp3) is 0.412. The Balaban J connectivity index is 1.47. The van der Waals surface area contributed by atoms with Crippen molar-refractivity contribution in [1.82, 2.24) is 14.7 Å². The monoisotopic (exact) mass is 317 g/mol. The van der Waals surface area contributed by atoms with Gasteiger partial charge in [0, 0.05) is 26.3 Å². The first-order valence-corrected chi connectivity index (χ1v) is 7.79. The van der Waals surface area contributed by atoms with Gasteiger partial charge in [0.05, 0.1) is 18.4 Å². The van der Waals surface area contributed by atoms with Crippen LogP contribution < -0.4 is 4.74 Å². The van der Waals surface area contributed by atoms with Gasteiger partial charge >= 0.3 is 0 Å². The number of para-hydroxylation sites is 1. The summed E-state index contributed by atoms with van der Waals surface area (Å²) in [6.45, 7) is 1.92. The van der Waals surface area contributed by atoms with Crippen LogP contribution in [-0.4, -0.2) is 40.3 Å². The van der Waals surface area contributed by atoms with Crippen molar-refractivity contribution < 1.29 is 13.9 Å². The summed E-state index contributed by atoms with van der Waals surface area (Å²) in [5.74, 6) is 0.360. The second-order valence-corrected chi connectivity index (χ2v) is 5.88. The fourth-order valence-corrected chi connectivity index (χ4v) is 2.86. The summed E-state index contributed by atoms with van der Waals surface area (Å²) >= 11 is 0. The lowest BCUT2D eigenvalue weighted by atomic mass is 10.1. The molecule has 0 aliphatic carbocycles. The van der Waals surface area contributed by atoms with Gasteiger partial charge in [-0.15, -0.1) is 0 Å². The quantitative estimate of drug-likeness (QED) is 0.851. The summed E-state index contributed by atoms with van der Waals surface area (Å²) in [5, 5.41) is 4.03. The standard InChI is InChI=1S/C17H20FN3O2/c1-20-12-14(10-19-20)17(22)21-8-6-13(11-21)7-9-23-16-5-3-2-4-15(16)18/h2-5,10,12-13H,6-9,11H2,1H3. The van der Waals surface area contributed by atoms with E-state index < -0.39 is 0 Å². The van der Waals surface area contributed by atoms with E-state index in [0.29, 0.717) is 24.6 Å². The maximum atomic E-state index is 13.5. The number of benzene rings is 1. The summed E-state index contributed by atoms with van der Waals surface area (Å²) in [6.07, 6.45) is 5.09. The number of rotatable bonds is 5. The predicted octanol–water partition coefficient (Wildman–Crippen LogP) is 2.49.